The van der Waals surface area contributed by atoms with E-state index in [1.807, 2.05) is 4.90 Å². The number of aliphatic hydroxyl groups is 1. The molecule has 114 valence electrons. The Morgan fingerprint density at radius 1 is 1.24 bits per heavy atom. The Morgan fingerprint density at radius 2 is 1.95 bits per heavy atom. The molecule has 0 unspecified atom stereocenters. The summed E-state index contributed by atoms with van der Waals surface area (Å²) >= 11 is 0. The number of hydrogen-bond donors (Lipinski definition) is 2. The average Bonchev–Trinajstić information content (AvgIpc) is 3.13. The van der Waals surface area contributed by atoms with Gasteiger partial charge in [-0.3, -0.25) is 9.89 Å². The molecular formula is C16H23N3O2. The fourth-order valence-corrected chi connectivity index (χ4v) is 3.96. The number of H-pyrrole nitrogens is 1. The zero-order valence-electron chi connectivity index (χ0n) is 12.4. The quantitative estimate of drug-likeness (QED) is 0.870. The first-order valence-electron chi connectivity index (χ1n) is 8.25. The molecule has 1 saturated heterocycles. The number of aromatic nitrogens is 2. The van der Waals surface area contributed by atoms with Gasteiger partial charge in [0.05, 0.1) is 5.60 Å². The average molecular weight is 289 g/mol. The first-order valence-corrected chi connectivity index (χ1v) is 8.25. The Balaban J connectivity index is 1.45. The summed E-state index contributed by atoms with van der Waals surface area (Å²) in [5.74, 6) is 0.463. The van der Waals surface area contributed by atoms with Crippen molar-refractivity contribution in [3.05, 3.63) is 17.0 Å². The molecule has 1 aromatic heterocycles. The summed E-state index contributed by atoms with van der Waals surface area (Å²) in [4.78, 5) is 14.6. The lowest BCUT2D eigenvalue weighted by Gasteiger charge is -2.34. The van der Waals surface area contributed by atoms with Crippen LogP contribution in [0.4, 0.5) is 0 Å². The topological polar surface area (TPSA) is 69.2 Å². The highest BCUT2D eigenvalue weighted by Crippen LogP contribution is 2.46. The van der Waals surface area contributed by atoms with Gasteiger partial charge < -0.3 is 10.0 Å². The van der Waals surface area contributed by atoms with Gasteiger partial charge >= 0.3 is 0 Å². The van der Waals surface area contributed by atoms with Crippen LogP contribution in [0.2, 0.25) is 0 Å². The maximum absolute atomic E-state index is 12.7. The zero-order chi connectivity index (χ0) is 14.4. The highest BCUT2D eigenvalue weighted by atomic mass is 16.3. The largest absolute Gasteiger partial charge is 0.390 e. The minimum Gasteiger partial charge on any atom is -0.390 e. The first-order chi connectivity index (χ1) is 10.2. The van der Waals surface area contributed by atoms with Gasteiger partial charge in [0, 0.05) is 24.3 Å². The predicted molar refractivity (Wildman–Crippen MR) is 78.0 cm³/mol. The SMILES string of the molecule is O=C(c1n[nH]c2c1CCCC2)N1CCC(C2(O)CC2)CC1. The van der Waals surface area contributed by atoms with Crippen molar-refractivity contribution in [3.8, 4) is 0 Å². The maximum atomic E-state index is 12.7. The third kappa shape index (κ3) is 2.27. The molecule has 0 spiro atoms. The van der Waals surface area contributed by atoms with Gasteiger partial charge in [-0.25, -0.2) is 0 Å². The predicted octanol–water partition coefficient (Wildman–Crippen LogP) is 1.67. The van der Waals surface area contributed by atoms with Crippen LogP contribution < -0.4 is 0 Å². The van der Waals surface area contributed by atoms with E-state index in [9.17, 15) is 9.90 Å². The summed E-state index contributed by atoms with van der Waals surface area (Å²) in [5, 5.41) is 17.5. The van der Waals surface area contributed by atoms with Crippen molar-refractivity contribution in [2.75, 3.05) is 13.1 Å². The highest BCUT2D eigenvalue weighted by Gasteiger charge is 2.48. The number of piperidine rings is 1. The number of carbonyl (C=O) groups excluding carboxylic acids is 1. The Hall–Kier alpha value is -1.36. The van der Waals surface area contributed by atoms with E-state index < -0.39 is 5.60 Å². The van der Waals surface area contributed by atoms with Gasteiger partial charge in [0.2, 0.25) is 0 Å². The lowest BCUT2D eigenvalue weighted by Crippen LogP contribution is -2.42. The molecule has 2 heterocycles. The van der Waals surface area contributed by atoms with E-state index in [1.165, 1.54) is 6.42 Å². The molecule has 1 aliphatic heterocycles. The molecule has 21 heavy (non-hydrogen) atoms. The summed E-state index contributed by atoms with van der Waals surface area (Å²) in [7, 11) is 0. The fraction of sp³-hybridized carbons (Fsp3) is 0.750. The lowest BCUT2D eigenvalue weighted by molar-refractivity contribution is 0.0337. The Bertz CT molecular complexity index is 554. The van der Waals surface area contributed by atoms with Crippen LogP contribution in [0.25, 0.3) is 0 Å². The molecule has 1 saturated carbocycles. The van der Waals surface area contributed by atoms with Gasteiger partial charge in [-0.1, -0.05) is 0 Å². The molecule has 2 fully saturated rings. The molecule has 4 rings (SSSR count). The van der Waals surface area contributed by atoms with E-state index >= 15 is 0 Å². The van der Waals surface area contributed by atoms with Crippen LogP contribution >= 0.6 is 0 Å². The van der Waals surface area contributed by atoms with E-state index in [-0.39, 0.29) is 5.91 Å². The van der Waals surface area contributed by atoms with Crippen LogP contribution in [0.1, 0.15) is 60.3 Å². The summed E-state index contributed by atoms with van der Waals surface area (Å²) in [6.45, 7) is 1.51. The number of carbonyl (C=O) groups is 1. The van der Waals surface area contributed by atoms with Crippen molar-refractivity contribution in [1.82, 2.24) is 15.1 Å². The molecule has 5 heteroatoms. The molecule has 0 atom stereocenters. The number of likely N-dealkylation sites (tertiary alicyclic amines) is 1. The second-order valence-corrected chi connectivity index (χ2v) is 6.91. The fourth-order valence-electron chi connectivity index (χ4n) is 3.96. The molecule has 0 radical (unpaired) electrons. The smallest absolute Gasteiger partial charge is 0.274 e. The third-order valence-corrected chi connectivity index (χ3v) is 5.56. The number of nitrogens with one attached hydrogen (secondary N) is 1. The third-order valence-electron chi connectivity index (χ3n) is 5.56. The van der Waals surface area contributed by atoms with E-state index in [0.29, 0.717) is 11.6 Å². The number of nitrogens with zero attached hydrogens (tertiary/aromatic N) is 2. The van der Waals surface area contributed by atoms with Gasteiger partial charge in [0.15, 0.2) is 5.69 Å². The van der Waals surface area contributed by atoms with Crippen LogP contribution in [0, 0.1) is 5.92 Å². The second-order valence-electron chi connectivity index (χ2n) is 6.91. The van der Waals surface area contributed by atoms with Crippen molar-refractivity contribution in [3.63, 3.8) is 0 Å². The normalized spacial score (nSPS) is 24.7. The molecule has 0 bridgehead atoms. The minimum absolute atomic E-state index is 0.0793. The van der Waals surface area contributed by atoms with E-state index in [0.717, 1.165) is 69.3 Å². The van der Waals surface area contributed by atoms with Gasteiger partial charge in [0.25, 0.3) is 5.91 Å². The van der Waals surface area contributed by atoms with Crippen molar-refractivity contribution >= 4 is 5.91 Å². The number of fused-ring (bicyclic) bond motifs is 1. The number of amides is 1. The number of aryl methyl sites for hydroxylation is 1. The standard InChI is InChI=1S/C16H23N3O2/c20-15(14-12-3-1-2-4-13(12)17-18-14)19-9-5-11(6-10-19)16(21)7-8-16/h11,21H,1-10H2,(H,17,18). The van der Waals surface area contributed by atoms with Gasteiger partial charge in [-0.2, -0.15) is 5.10 Å². The summed E-state index contributed by atoms with van der Waals surface area (Å²) in [6.07, 6.45) is 8.07. The summed E-state index contributed by atoms with van der Waals surface area (Å²) in [5.41, 5.74) is 2.55. The van der Waals surface area contributed by atoms with Crippen LogP contribution in [-0.4, -0.2) is 44.8 Å². The molecule has 1 amide bonds. The van der Waals surface area contributed by atoms with Crippen LogP contribution in [0.3, 0.4) is 0 Å². The summed E-state index contributed by atoms with van der Waals surface area (Å²) < 4.78 is 0. The first kappa shape index (κ1) is 13.3. The molecule has 2 N–H and O–H groups in total. The van der Waals surface area contributed by atoms with Gasteiger partial charge in [-0.15, -0.1) is 0 Å². The van der Waals surface area contributed by atoms with Crippen LogP contribution in [0.5, 0.6) is 0 Å². The number of aromatic amines is 1. The van der Waals surface area contributed by atoms with Crippen molar-refractivity contribution in [1.29, 1.82) is 0 Å². The van der Waals surface area contributed by atoms with Crippen molar-refractivity contribution in [2.45, 2.75) is 57.0 Å². The number of hydrogen-bond acceptors (Lipinski definition) is 3. The summed E-state index contributed by atoms with van der Waals surface area (Å²) in [6, 6.07) is 0. The van der Waals surface area contributed by atoms with E-state index in [4.69, 9.17) is 0 Å². The van der Waals surface area contributed by atoms with Gasteiger partial charge in [0.1, 0.15) is 0 Å². The van der Waals surface area contributed by atoms with E-state index in [1.54, 1.807) is 0 Å². The van der Waals surface area contributed by atoms with Crippen molar-refractivity contribution in [2.24, 2.45) is 5.92 Å². The van der Waals surface area contributed by atoms with Crippen LogP contribution in [-0.2, 0) is 12.8 Å². The molecule has 0 aromatic carbocycles. The maximum Gasteiger partial charge on any atom is 0.274 e. The molecule has 1 aromatic rings. The molecule has 3 aliphatic rings. The molecule has 2 aliphatic carbocycles. The monoisotopic (exact) mass is 289 g/mol. The zero-order valence-corrected chi connectivity index (χ0v) is 12.4. The molecule has 5 nitrogen and oxygen atoms in total. The Morgan fingerprint density at radius 3 is 2.67 bits per heavy atom. The van der Waals surface area contributed by atoms with E-state index in [2.05, 4.69) is 10.2 Å². The van der Waals surface area contributed by atoms with Crippen molar-refractivity contribution < 1.29 is 9.90 Å². The Kier molecular flexibility index (Phi) is 3.06. The highest BCUT2D eigenvalue weighted by molar-refractivity contribution is 5.94. The molecular weight excluding hydrogens is 266 g/mol. The lowest BCUT2D eigenvalue weighted by atomic mass is 9.89. The minimum atomic E-state index is -0.402. The van der Waals surface area contributed by atoms with Crippen LogP contribution in [0.15, 0.2) is 0 Å². The van der Waals surface area contributed by atoms with Gasteiger partial charge in [-0.05, 0) is 57.3 Å². The second kappa shape index (κ2) is 4.83. The number of rotatable bonds is 2. The Labute approximate surface area is 124 Å².